The fourth-order valence-electron chi connectivity index (χ4n) is 5.22. The van der Waals surface area contributed by atoms with Crippen LogP contribution in [0, 0.1) is 18.8 Å². The molecule has 0 aromatic carbocycles. The summed E-state index contributed by atoms with van der Waals surface area (Å²) in [6.07, 6.45) is 8.70. The van der Waals surface area contributed by atoms with Crippen LogP contribution in [-0.4, -0.2) is 39.8 Å². The summed E-state index contributed by atoms with van der Waals surface area (Å²) in [6.45, 7) is 7.74. The summed E-state index contributed by atoms with van der Waals surface area (Å²) in [5.74, 6) is 2.84. The summed E-state index contributed by atoms with van der Waals surface area (Å²) in [7, 11) is 0. The molecule has 0 radical (unpaired) electrons. The van der Waals surface area contributed by atoms with Gasteiger partial charge in [0.05, 0.1) is 6.04 Å². The Morgan fingerprint density at radius 1 is 1.10 bits per heavy atom. The lowest BCUT2D eigenvalue weighted by molar-refractivity contribution is -0.133. The van der Waals surface area contributed by atoms with Gasteiger partial charge in [0.2, 0.25) is 11.8 Å². The summed E-state index contributed by atoms with van der Waals surface area (Å²) in [4.78, 5) is 39.2. The summed E-state index contributed by atoms with van der Waals surface area (Å²) >= 11 is 0. The largest absolute Gasteiger partial charge is 0.332 e. The second-order valence-corrected chi connectivity index (χ2v) is 9.47. The fraction of sp³-hybridized carbons (Fsp3) is 0.739. The van der Waals surface area contributed by atoms with Crippen molar-refractivity contribution in [1.29, 1.82) is 0 Å². The van der Waals surface area contributed by atoms with Crippen LogP contribution in [0.2, 0.25) is 0 Å². The van der Waals surface area contributed by atoms with E-state index in [0.717, 1.165) is 42.3 Å². The van der Waals surface area contributed by atoms with Crippen LogP contribution in [0.15, 0.2) is 0 Å². The Labute approximate surface area is 174 Å². The Hall–Kier alpha value is -1.98. The molecule has 0 spiro atoms. The third-order valence-electron chi connectivity index (χ3n) is 6.71. The molecule has 6 heteroatoms. The van der Waals surface area contributed by atoms with Crippen LogP contribution in [0.5, 0.6) is 0 Å². The monoisotopic (exact) mass is 398 g/mol. The van der Waals surface area contributed by atoms with Gasteiger partial charge in [-0.25, -0.2) is 9.97 Å². The second kappa shape index (κ2) is 8.41. The normalized spacial score (nSPS) is 22.6. The SMILES string of the molecule is Cc1nc(C2CCCN2C(=O)CC2CCCC2)nc2c1CCC(=O)N2CC(C)C. The van der Waals surface area contributed by atoms with E-state index in [9.17, 15) is 9.59 Å². The van der Waals surface area contributed by atoms with Crippen molar-refractivity contribution in [3.8, 4) is 0 Å². The lowest BCUT2D eigenvalue weighted by Crippen LogP contribution is -2.40. The van der Waals surface area contributed by atoms with E-state index in [1.807, 2.05) is 16.7 Å². The first-order valence-corrected chi connectivity index (χ1v) is 11.4. The topological polar surface area (TPSA) is 66.4 Å². The van der Waals surface area contributed by atoms with Gasteiger partial charge in [-0.2, -0.15) is 0 Å². The highest BCUT2D eigenvalue weighted by atomic mass is 16.2. The molecule has 1 atom stereocenters. The zero-order valence-corrected chi connectivity index (χ0v) is 18.1. The zero-order chi connectivity index (χ0) is 20.5. The number of hydrogen-bond donors (Lipinski definition) is 0. The highest BCUT2D eigenvalue weighted by Crippen LogP contribution is 2.36. The minimum atomic E-state index is -0.0502. The number of anilines is 1. The van der Waals surface area contributed by atoms with Crippen molar-refractivity contribution < 1.29 is 9.59 Å². The second-order valence-electron chi connectivity index (χ2n) is 9.47. The molecule has 1 aliphatic carbocycles. The standard InChI is InChI=1S/C23H34N4O2/c1-15(2)14-27-20(28)11-10-18-16(3)24-22(25-23(18)27)19-9-6-12-26(19)21(29)13-17-7-4-5-8-17/h15,17,19H,4-14H2,1-3H3. The fourth-order valence-corrected chi connectivity index (χ4v) is 5.22. The molecule has 2 amide bonds. The Bertz CT molecular complexity index is 785. The van der Waals surface area contributed by atoms with Crippen molar-refractivity contribution in [3.05, 3.63) is 17.1 Å². The quantitative estimate of drug-likeness (QED) is 0.753. The molecule has 1 unspecified atom stereocenters. The molecular weight excluding hydrogens is 364 g/mol. The number of hydrogen-bond acceptors (Lipinski definition) is 4. The van der Waals surface area contributed by atoms with E-state index in [1.165, 1.54) is 25.7 Å². The first kappa shape index (κ1) is 20.3. The Morgan fingerprint density at radius 3 is 2.59 bits per heavy atom. The van der Waals surface area contributed by atoms with Crippen molar-refractivity contribution in [1.82, 2.24) is 14.9 Å². The molecule has 3 heterocycles. The van der Waals surface area contributed by atoms with E-state index < -0.39 is 0 Å². The molecule has 1 aromatic heterocycles. The van der Waals surface area contributed by atoms with E-state index in [0.29, 0.717) is 37.6 Å². The maximum Gasteiger partial charge on any atom is 0.228 e. The number of nitrogens with zero attached hydrogens (tertiary/aromatic N) is 4. The van der Waals surface area contributed by atoms with Gasteiger partial charge >= 0.3 is 0 Å². The Balaban J connectivity index is 1.60. The number of amides is 2. The molecule has 3 aliphatic rings. The van der Waals surface area contributed by atoms with Gasteiger partial charge in [-0.15, -0.1) is 0 Å². The smallest absolute Gasteiger partial charge is 0.228 e. The van der Waals surface area contributed by atoms with E-state index in [1.54, 1.807) is 0 Å². The van der Waals surface area contributed by atoms with Crippen molar-refractivity contribution in [2.24, 2.45) is 11.8 Å². The van der Waals surface area contributed by atoms with E-state index in [-0.39, 0.29) is 17.9 Å². The van der Waals surface area contributed by atoms with Crippen molar-refractivity contribution >= 4 is 17.6 Å². The molecule has 2 fully saturated rings. The predicted octanol–water partition coefficient (Wildman–Crippen LogP) is 3.96. The maximum absolute atomic E-state index is 13.0. The first-order chi connectivity index (χ1) is 13.9. The van der Waals surface area contributed by atoms with Crippen LogP contribution in [-0.2, 0) is 16.0 Å². The van der Waals surface area contributed by atoms with Crippen LogP contribution in [0.25, 0.3) is 0 Å². The van der Waals surface area contributed by atoms with Crippen molar-refractivity contribution in [2.75, 3.05) is 18.0 Å². The highest BCUT2D eigenvalue weighted by molar-refractivity contribution is 5.95. The van der Waals surface area contributed by atoms with Crippen LogP contribution < -0.4 is 4.90 Å². The Kier molecular flexibility index (Phi) is 5.88. The first-order valence-electron chi connectivity index (χ1n) is 11.4. The minimum absolute atomic E-state index is 0.0502. The molecule has 29 heavy (non-hydrogen) atoms. The predicted molar refractivity (Wildman–Crippen MR) is 113 cm³/mol. The van der Waals surface area contributed by atoms with Crippen LogP contribution in [0.1, 0.15) is 88.3 Å². The van der Waals surface area contributed by atoms with Gasteiger partial charge < -0.3 is 4.90 Å². The van der Waals surface area contributed by atoms with Gasteiger partial charge in [-0.05, 0) is 50.9 Å². The number of rotatable bonds is 5. The average molecular weight is 399 g/mol. The third-order valence-corrected chi connectivity index (χ3v) is 6.71. The lowest BCUT2D eigenvalue weighted by Gasteiger charge is -2.32. The van der Waals surface area contributed by atoms with Crippen molar-refractivity contribution in [2.45, 2.75) is 84.6 Å². The van der Waals surface area contributed by atoms with Crippen LogP contribution in [0.4, 0.5) is 5.82 Å². The Morgan fingerprint density at radius 2 is 1.86 bits per heavy atom. The van der Waals surface area contributed by atoms with Crippen molar-refractivity contribution in [3.63, 3.8) is 0 Å². The summed E-state index contributed by atoms with van der Waals surface area (Å²) in [5, 5.41) is 0. The van der Waals surface area contributed by atoms with Gasteiger partial charge in [-0.3, -0.25) is 14.5 Å². The van der Waals surface area contributed by atoms with E-state index >= 15 is 0 Å². The summed E-state index contributed by atoms with van der Waals surface area (Å²) < 4.78 is 0. The molecule has 158 valence electrons. The minimum Gasteiger partial charge on any atom is -0.332 e. The zero-order valence-electron chi connectivity index (χ0n) is 18.1. The number of carbonyl (C=O) groups is 2. The number of aromatic nitrogens is 2. The molecule has 0 bridgehead atoms. The lowest BCUT2D eigenvalue weighted by atomic mass is 10.0. The van der Waals surface area contributed by atoms with Crippen LogP contribution in [0.3, 0.4) is 0 Å². The summed E-state index contributed by atoms with van der Waals surface area (Å²) in [6, 6.07) is -0.0502. The van der Waals surface area contributed by atoms with Gasteiger partial charge in [0.25, 0.3) is 0 Å². The van der Waals surface area contributed by atoms with Gasteiger partial charge in [0, 0.05) is 37.2 Å². The molecular formula is C23H34N4O2. The number of fused-ring (bicyclic) bond motifs is 1. The maximum atomic E-state index is 13.0. The van der Waals surface area contributed by atoms with Crippen LogP contribution >= 0.6 is 0 Å². The van der Waals surface area contributed by atoms with Gasteiger partial charge in [0.1, 0.15) is 5.82 Å². The number of likely N-dealkylation sites (tertiary alicyclic amines) is 1. The molecule has 0 N–H and O–H groups in total. The average Bonchev–Trinajstić information content (AvgIpc) is 3.35. The van der Waals surface area contributed by atoms with E-state index in [2.05, 4.69) is 13.8 Å². The molecule has 2 aliphatic heterocycles. The summed E-state index contributed by atoms with van der Waals surface area (Å²) in [5.41, 5.74) is 2.05. The van der Waals surface area contributed by atoms with Gasteiger partial charge in [-0.1, -0.05) is 26.7 Å². The van der Waals surface area contributed by atoms with Gasteiger partial charge in [0.15, 0.2) is 5.82 Å². The molecule has 1 saturated carbocycles. The number of aryl methyl sites for hydroxylation is 1. The molecule has 1 aromatic rings. The molecule has 1 saturated heterocycles. The van der Waals surface area contributed by atoms with E-state index in [4.69, 9.17) is 9.97 Å². The highest BCUT2D eigenvalue weighted by Gasteiger charge is 2.36. The number of carbonyl (C=O) groups excluding carboxylic acids is 2. The molecule has 4 rings (SSSR count). The molecule has 6 nitrogen and oxygen atoms in total. The third kappa shape index (κ3) is 4.17.